The molecule has 0 radical (unpaired) electrons. The zero-order chi connectivity index (χ0) is 21.8. The summed E-state index contributed by atoms with van der Waals surface area (Å²) in [5.41, 5.74) is 1.17. The molecule has 0 heterocycles. The first-order valence-electron chi connectivity index (χ1n) is 10.7. The van der Waals surface area contributed by atoms with Gasteiger partial charge in [-0.15, -0.1) is 0 Å². The summed E-state index contributed by atoms with van der Waals surface area (Å²) in [5, 5.41) is 0. The normalized spacial score (nSPS) is 11.8. The fraction of sp³-hybridized carbons (Fsp3) is 0.727. The van der Waals surface area contributed by atoms with Gasteiger partial charge >= 0.3 is 0 Å². The lowest BCUT2D eigenvalue weighted by Crippen LogP contribution is -2.27. The topological polar surface area (TPSA) is 64.6 Å². The molecule has 0 amide bonds. The van der Waals surface area contributed by atoms with Gasteiger partial charge in [0, 0.05) is 0 Å². The van der Waals surface area contributed by atoms with Crippen molar-refractivity contribution in [2.75, 3.05) is 79.3 Å². The van der Waals surface area contributed by atoms with E-state index in [4.69, 9.17) is 32.8 Å². The SMILES string of the molecule is C[Si](C)(C)OCCOCCOCCOCCOCCOCCOCc1ccccc1. The molecule has 0 spiro atoms. The fourth-order valence-corrected chi connectivity index (χ4v) is 2.97. The van der Waals surface area contributed by atoms with Gasteiger partial charge in [0.1, 0.15) is 0 Å². The molecule has 1 rings (SSSR count). The molecule has 0 N–H and O–H groups in total. The van der Waals surface area contributed by atoms with Gasteiger partial charge in [-0.1, -0.05) is 30.3 Å². The zero-order valence-corrected chi connectivity index (χ0v) is 19.9. The molecule has 1 aromatic carbocycles. The van der Waals surface area contributed by atoms with Crippen LogP contribution in [0.2, 0.25) is 19.6 Å². The van der Waals surface area contributed by atoms with E-state index in [0.717, 1.165) is 0 Å². The van der Waals surface area contributed by atoms with Crippen LogP contribution in [-0.4, -0.2) is 87.6 Å². The molecule has 0 aromatic heterocycles. The fourth-order valence-electron chi connectivity index (χ4n) is 2.27. The molecule has 0 fully saturated rings. The predicted octanol–water partition coefficient (Wildman–Crippen LogP) is 3.14. The average Bonchev–Trinajstić information content (AvgIpc) is 2.72. The largest absolute Gasteiger partial charge is 0.415 e. The zero-order valence-electron chi connectivity index (χ0n) is 18.9. The standard InChI is InChI=1S/C22H40O7Si/c1-30(2,3)29-20-19-27-16-15-25-12-11-23-9-10-24-13-14-26-17-18-28-21-22-7-5-4-6-8-22/h4-8H,9-21H2,1-3H3. The summed E-state index contributed by atoms with van der Waals surface area (Å²) in [5.74, 6) is 0. The van der Waals surface area contributed by atoms with Crippen LogP contribution in [0.1, 0.15) is 5.56 Å². The molecule has 0 unspecified atom stereocenters. The Morgan fingerprint density at radius 2 is 0.867 bits per heavy atom. The van der Waals surface area contributed by atoms with Crippen LogP contribution in [0.25, 0.3) is 0 Å². The lowest BCUT2D eigenvalue weighted by molar-refractivity contribution is -0.0187. The van der Waals surface area contributed by atoms with Crippen molar-refractivity contribution in [1.82, 2.24) is 0 Å². The Kier molecular flexibility index (Phi) is 17.1. The van der Waals surface area contributed by atoms with Gasteiger partial charge in [-0.2, -0.15) is 0 Å². The summed E-state index contributed by atoms with van der Waals surface area (Å²) in [6.45, 7) is 14.0. The van der Waals surface area contributed by atoms with Crippen molar-refractivity contribution in [3.8, 4) is 0 Å². The summed E-state index contributed by atoms with van der Waals surface area (Å²) >= 11 is 0. The quantitative estimate of drug-likeness (QED) is 0.213. The molecule has 0 aliphatic carbocycles. The summed E-state index contributed by atoms with van der Waals surface area (Å²) in [6.07, 6.45) is 0. The molecule has 1 aromatic rings. The summed E-state index contributed by atoms with van der Waals surface area (Å²) in [7, 11) is -1.43. The molecule has 0 aliphatic rings. The Morgan fingerprint density at radius 3 is 1.27 bits per heavy atom. The van der Waals surface area contributed by atoms with Gasteiger partial charge in [0.15, 0.2) is 8.32 Å². The molecule has 0 atom stereocenters. The summed E-state index contributed by atoms with van der Waals surface area (Å²) in [4.78, 5) is 0. The second-order valence-corrected chi connectivity index (χ2v) is 12.1. The van der Waals surface area contributed by atoms with Crippen molar-refractivity contribution in [3.05, 3.63) is 35.9 Å². The highest BCUT2D eigenvalue weighted by Gasteiger charge is 2.12. The first-order valence-corrected chi connectivity index (χ1v) is 14.1. The maximum Gasteiger partial charge on any atom is 0.183 e. The molecule has 0 bridgehead atoms. The molecule has 8 heteroatoms. The molecule has 0 saturated heterocycles. The minimum atomic E-state index is -1.43. The third-order valence-corrected chi connectivity index (χ3v) is 4.80. The number of hydrogen-bond acceptors (Lipinski definition) is 7. The summed E-state index contributed by atoms with van der Waals surface area (Å²) < 4.78 is 38.5. The number of hydrogen-bond donors (Lipinski definition) is 0. The van der Waals surface area contributed by atoms with Gasteiger partial charge in [0.2, 0.25) is 0 Å². The van der Waals surface area contributed by atoms with E-state index in [0.29, 0.717) is 85.9 Å². The van der Waals surface area contributed by atoms with E-state index in [1.165, 1.54) is 5.56 Å². The first kappa shape index (κ1) is 27.2. The highest BCUT2D eigenvalue weighted by molar-refractivity contribution is 6.69. The number of benzene rings is 1. The lowest BCUT2D eigenvalue weighted by Gasteiger charge is -2.16. The van der Waals surface area contributed by atoms with E-state index in [1.54, 1.807) is 0 Å². The van der Waals surface area contributed by atoms with Gasteiger partial charge in [0.25, 0.3) is 0 Å². The molecular formula is C22H40O7Si. The molecular weight excluding hydrogens is 404 g/mol. The van der Waals surface area contributed by atoms with Gasteiger partial charge in [-0.3, -0.25) is 0 Å². The number of ether oxygens (including phenoxy) is 6. The summed E-state index contributed by atoms with van der Waals surface area (Å²) in [6, 6.07) is 10.1. The minimum absolute atomic E-state index is 0.550. The van der Waals surface area contributed by atoms with Crippen LogP contribution in [0.3, 0.4) is 0 Å². The maximum atomic E-state index is 5.70. The molecule has 0 aliphatic heterocycles. The van der Waals surface area contributed by atoms with Gasteiger partial charge in [0.05, 0.1) is 85.9 Å². The van der Waals surface area contributed by atoms with Crippen molar-refractivity contribution in [2.45, 2.75) is 26.2 Å². The lowest BCUT2D eigenvalue weighted by atomic mass is 10.2. The second kappa shape index (κ2) is 18.9. The molecule has 7 nitrogen and oxygen atoms in total. The van der Waals surface area contributed by atoms with Crippen molar-refractivity contribution < 1.29 is 32.8 Å². The van der Waals surface area contributed by atoms with E-state index in [1.807, 2.05) is 30.3 Å². The van der Waals surface area contributed by atoms with E-state index in [2.05, 4.69) is 19.6 Å². The highest BCUT2D eigenvalue weighted by Crippen LogP contribution is 2.01. The van der Waals surface area contributed by atoms with Crippen LogP contribution < -0.4 is 0 Å². The van der Waals surface area contributed by atoms with Gasteiger partial charge in [-0.05, 0) is 25.2 Å². The van der Waals surface area contributed by atoms with Crippen LogP contribution in [-0.2, 0) is 39.5 Å². The molecule has 174 valence electrons. The van der Waals surface area contributed by atoms with Crippen molar-refractivity contribution in [2.24, 2.45) is 0 Å². The Hall–Kier alpha value is -0.843. The van der Waals surface area contributed by atoms with Crippen LogP contribution in [0, 0.1) is 0 Å². The van der Waals surface area contributed by atoms with Crippen LogP contribution in [0.5, 0.6) is 0 Å². The second-order valence-electron chi connectivity index (χ2n) is 7.56. The predicted molar refractivity (Wildman–Crippen MR) is 119 cm³/mol. The van der Waals surface area contributed by atoms with Crippen molar-refractivity contribution >= 4 is 8.32 Å². The monoisotopic (exact) mass is 444 g/mol. The molecule has 30 heavy (non-hydrogen) atoms. The molecule has 0 saturated carbocycles. The maximum absolute atomic E-state index is 5.70. The van der Waals surface area contributed by atoms with Crippen LogP contribution >= 0.6 is 0 Å². The first-order chi connectivity index (χ1) is 14.6. The van der Waals surface area contributed by atoms with Crippen molar-refractivity contribution in [1.29, 1.82) is 0 Å². The Morgan fingerprint density at radius 1 is 0.500 bits per heavy atom. The average molecular weight is 445 g/mol. The van der Waals surface area contributed by atoms with E-state index >= 15 is 0 Å². The van der Waals surface area contributed by atoms with Gasteiger partial charge < -0.3 is 32.8 Å². The Labute approximate surface area is 183 Å². The van der Waals surface area contributed by atoms with Crippen LogP contribution in [0.15, 0.2) is 30.3 Å². The smallest absolute Gasteiger partial charge is 0.183 e. The highest BCUT2D eigenvalue weighted by atomic mass is 28.4. The Bertz CT molecular complexity index is 482. The van der Waals surface area contributed by atoms with Crippen LogP contribution in [0.4, 0.5) is 0 Å². The van der Waals surface area contributed by atoms with E-state index < -0.39 is 8.32 Å². The minimum Gasteiger partial charge on any atom is -0.415 e. The third kappa shape index (κ3) is 19.1. The van der Waals surface area contributed by atoms with Crippen molar-refractivity contribution in [3.63, 3.8) is 0 Å². The van der Waals surface area contributed by atoms with E-state index in [9.17, 15) is 0 Å². The van der Waals surface area contributed by atoms with E-state index in [-0.39, 0.29) is 0 Å². The number of rotatable bonds is 21. The Balaban J connectivity index is 1.68. The third-order valence-electron chi connectivity index (χ3n) is 3.73. The van der Waals surface area contributed by atoms with Gasteiger partial charge in [-0.25, -0.2) is 0 Å².